The van der Waals surface area contributed by atoms with Gasteiger partial charge in [-0.15, -0.1) is 0 Å². The average molecular weight is 297 g/mol. The van der Waals surface area contributed by atoms with E-state index in [2.05, 4.69) is 15.9 Å². The molecule has 1 aromatic carbocycles. The summed E-state index contributed by atoms with van der Waals surface area (Å²) in [7, 11) is 0. The van der Waals surface area contributed by atoms with E-state index in [9.17, 15) is 9.59 Å². The highest BCUT2D eigenvalue weighted by Crippen LogP contribution is 2.16. The molecule has 0 atom stereocenters. The minimum absolute atomic E-state index is 0.116. The van der Waals surface area contributed by atoms with Crippen molar-refractivity contribution >= 4 is 27.9 Å². The molecule has 1 aliphatic rings. The highest BCUT2D eigenvalue weighted by Gasteiger charge is 2.34. The first-order valence-electron chi connectivity index (χ1n) is 5.45. The summed E-state index contributed by atoms with van der Waals surface area (Å²) in [5, 5.41) is 0. The summed E-state index contributed by atoms with van der Waals surface area (Å²) >= 11 is 3.36. The van der Waals surface area contributed by atoms with Gasteiger partial charge in [0.15, 0.2) is 0 Å². The molecule has 4 nitrogen and oxygen atoms in total. The maximum atomic E-state index is 11.8. The number of hydrogen-bond donors (Lipinski definition) is 0. The third kappa shape index (κ3) is 2.49. The zero-order valence-corrected chi connectivity index (χ0v) is 11.1. The van der Waals surface area contributed by atoms with Crippen LogP contribution in [0, 0.1) is 0 Å². The van der Waals surface area contributed by atoms with Crippen LogP contribution in [0.15, 0.2) is 28.7 Å². The molecule has 1 saturated heterocycles. The van der Waals surface area contributed by atoms with E-state index in [1.54, 1.807) is 11.8 Å². The van der Waals surface area contributed by atoms with Crippen molar-refractivity contribution in [3.63, 3.8) is 0 Å². The van der Waals surface area contributed by atoms with E-state index < -0.39 is 0 Å². The van der Waals surface area contributed by atoms with Crippen LogP contribution >= 0.6 is 15.9 Å². The molecule has 1 heterocycles. The van der Waals surface area contributed by atoms with Gasteiger partial charge >= 0.3 is 6.03 Å². The summed E-state index contributed by atoms with van der Waals surface area (Å²) in [5.74, 6) is -0.116. The summed E-state index contributed by atoms with van der Waals surface area (Å²) in [6, 6.07) is 7.54. The van der Waals surface area contributed by atoms with E-state index >= 15 is 0 Å². The van der Waals surface area contributed by atoms with Crippen LogP contribution in [0.25, 0.3) is 0 Å². The second-order valence-corrected chi connectivity index (χ2v) is 4.82. The molecule has 0 N–H and O–H groups in total. The predicted molar refractivity (Wildman–Crippen MR) is 67.3 cm³/mol. The number of likely N-dealkylation sites (N-methyl/N-ethyl adjacent to an activating group) is 1. The van der Waals surface area contributed by atoms with E-state index in [0.717, 1.165) is 10.0 Å². The molecule has 0 aliphatic carbocycles. The zero-order chi connectivity index (χ0) is 12.4. The van der Waals surface area contributed by atoms with Crippen molar-refractivity contribution in [2.45, 2.75) is 13.5 Å². The van der Waals surface area contributed by atoms with Crippen molar-refractivity contribution in [3.8, 4) is 0 Å². The second-order valence-electron chi connectivity index (χ2n) is 3.90. The monoisotopic (exact) mass is 296 g/mol. The van der Waals surface area contributed by atoms with Gasteiger partial charge in [0.2, 0.25) is 5.91 Å². The van der Waals surface area contributed by atoms with Gasteiger partial charge in [-0.25, -0.2) is 4.79 Å². The summed E-state index contributed by atoms with van der Waals surface area (Å²) in [6.45, 7) is 2.91. The molecule has 17 heavy (non-hydrogen) atoms. The minimum atomic E-state index is -0.194. The first-order chi connectivity index (χ1) is 8.11. The minimum Gasteiger partial charge on any atom is -0.311 e. The summed E-state index contributed by atoms with van der Waals surface area (Å²) in [6.07, 6.45) is 0. The van der Waals surface area contributed by atoms with Gasteiger partial charge in [0.25, 0.3) is 0 Å². The van der Waals surface area contributed by atoms with Crippen molar-refractivity contribution in [2.75, 3.05) is 13.1 Å². The number of urea groups is 1. The molecular formula is C12H13BrN2O2. The Hall–Kier alpha value is -1.36. The summed E-state index contributed by atoms with van der Waals surface area (Å²) in [4.78, 5) is 26.2. The molecule has 0 unspecified atom stereocenters. The highest BCUT2D eigenvalue weighted by molar-refractivity contribution is 9.10. The van der Waals surface area contributed by atoms with E-state index in [-0.39, 0.29) is 18.5 Å². The molecule has 3 amide bonds. The van der Waals surface area contributed by atoms with Gasteiger partial charge in [0.1, 0.15) is 6.54 Å². The number of benzene rings is 1. The molecule has 0 saturated carbocycles. The van der Waals surface area contributed by atoms with Crippen LogP contribution in [-0.4, -0.2) is 34.8 Å². The molecule has 1 aromatic rings. The van der Waals surface area contributed by atoms with Crippen molar-refractivity contribution in [1.82, 2.24) is 9.80 Å². The lowest BCUT2D eigenvalue weighted by Crippen LogP contribution is -2.32. The smallest absolute Gasteiger partial charge is 0.311 e. The Morgan fingerprint density at radius 3 is 2.41 bits per heavy atom. The Bertz CT molecular complexity index is 444. The van der Waals surface area contributed by atoms with Gasteiger partial charge in [-0.05, 0) is 24.6 Å². The molecule has 2 rings (SSSR count). The van der Waals surface area contributed by atoms with Gasteiger partial charge in [0.05, 0.1) is 0 Å². The van der Waals surface area contributed by atoms with Gasteiger partial charge in [-0.1, -0.05) is 28.1 Å². The molecule has 0 bridgehead atoms. The fourth-order valence-corrected chi connectivity index (χ4v) is 2.10. The van der Waals surface area contributed by atoms with E-state index in [0.29, 0.717) is 13.1 Å². The van der Waals surface area contributed by atoms with Crippen LogP contribution < -0.4 is 0 Å². The Morgan fingerprint density at radius 1 is 1.24 bits per heavy atom. The summed E-state index contributed by atoms with van der Waals surface area (Å²) in [5.41, 5.74) is 1.02. The van der Waals surface area contributed by atoms with Crippen LogP contribution in [0.3, 0.4) is 0 Å². The van der Waals surface area contributed by atoms with E-state index in [1.807, 2.05) is 24.3 Å². The standard InChI is InChI=1S/C12H13BrN2O2/c1-2-15-11(16)8-14(12(15)17)7-9-3-5-10(13)6-4-9/h3-6H,2,7-8H2,1H3. The predicted octanol–water partition coefficient (Wildman–Crippen LogP) is 2.23. The van der Waals surface area contributed by atoms with Gasteiger partial charge in [-0.2, -0.15) is 0 Å². The second kappa shape index (κ2) is 4.87. The molecule has 1 fully saturated rings. The first kappa shape index (κ1) is 12.1. The van der Waals surface area contributed by atoms with Gasteiger partial charge in [-0.3, -0.25) is 9.69 Å². The van der Waals surface area contributed by atoms with Gasteiger partial charge < -0.3 is 4.90 Å². The van der Waals surface area contributed by atoms with Crippen LogP contribution in [-0.2, 0) is 11.3 Å². The van der Waals surface area contributed by atoms with Crippen LogP contribution in [0.4, 0.5) is 4.79 Å². The quantitative estimate of drug-likeness (QED) is 0.803. The van der Waals surface area contributed by atoms with Crippen LogP contribution in [0.2, 0.25) is 0 Å². The maximum absolute atomic E-state index is 11.8. The van der Waals surface area contributed by atoms with Crippen molar-refractivity contribution < 1.29 is 9.59 Å². The number of carbonyl (C=O) groups is 2. The van der Waals surface area contributed by atoms with E-state index in [4.69, 9.17) is 0 Å². The Kier molecular flexibility index (Phi) is 3.47. The number of imide groups is 1. The fraction of sp³-hybridized carbons (Fsp3) is 0.333. The largest absolute Gasteiger partial charge is 0.327 e. The molecular weight excluding hydrogens is 284 g/mol. The molecule has 0 aromatic heterocycles. The SMILES string of the molecule is CCN1C(=O)CN(Cc2ccc(Br)cc2)C1=O. The molecule has 5 heteroatoms. The zero-order valence-electron chi connectivity index (χ0n) is 9.52. The average Bonchev–Trinajstić information content (AvgIpc) is 2.57. The third-order valence-electron chi connectivity index (χ3n) is 2.73. The number of hydrogen-bond acceptors (Lipinski definition) is 2. The molecule has 90 valence electrons. The molecule has 0 spiro atoms. The van der Waals surface area contributed by atoms with Crippen LogP contribution in [0.5, 0.6) is 0 Å². The van der Waals surface area contributed by atoms with Crippen molar-refractivity contribution in [1.29, 1.82) is 0 Å². The maximum Gasteiger partial charge on any atom is 0.327 e. The molecule has 0 radical (unpaired) electrons. The topological polar surface area (TPSA) is 40.6 Å². The number of nitrogens with zero attached hydrogens (tertiary/aromatic N) is 2. The Balaban J connectivity index is 2.08. The Labute approximate surface area is 108 Å². The lowest BCUT2D eigenvalue weighted by molar-refractivity contribution is -0.125. The van der Waals surface area contributed by atoms with Crippen molar-refractivity contribution in [2.24, 2.45) is 0 Å². The number of amides is 3. The summed E-state index contributed by atoms with van der Waals surface area (Å²) < 4.78 is 1.00. The number of rotatable bonds is 3. The van der Waals surface area contributed by atoms with E-state index in [1.165, 1.54) is 4.90 Å². The fourth-order valence-electron chi connectivity index (χ4n) is 1.84. The Morgan fingerprint density at radius 2 is 1.88 bits per heavy atom. The van der Waals surface area contributed by atoms with Crippen LogP contribution in [0.1, 0.15) is 12.5 Å². The number of halogens is 1. The number of carbonyl (C=O) groups excluding carboxylic acids is 2. The molecule has 1 aliphatic heterocycles. The first-order valence-corrected chi connectivity index (χ1v) is 6.25. The van der Waals surface area contributed by atoms with Gasteiger partial charge in [0, 0.05) is 17.6 Å². The lowest BCUT2D eigenvalue weighted by atomic mass is 10.2. The highest BCUT2D eigenvalue weighted by atomic mass is 79.9. The third-order valence-corrected chi connectivity index (χ3v) is 3.26. The lowest BCUT2D eigenvalue weighted by Gasteiger charge is -2.15. The van der Waals surface area contributed by atoms with Crippen molar-refractivity contribution in [3.05, 3.63) is 34.3 Å². The normalized spacial score (nSPS) is 15.9.